The number of carbonyl (C=O) groups excluding carboxylic acids is 1. The first-order valence-corrected chi connectivity index (χ1v) is 11.6. The van der Waals surface area contributed by atoms with Gasteiger partial charge >= 0.3 is 0 Å². The molecule has 2 heterocycles. The van der Waals surface area contributed by atoms with Crippen molar-refractivity contribution in [3.05, 3.63) is 53.3 Å². The Balaban J connectivity index is 1.46. The van der Waals surface area contributed by atoms with Gasteiger partial charge in [-0.1, -0.05) is 44.2 Å². The molecule has 174 valence electrons. The summed E-state index contributed by atoms with van der Waals surface area (Å²) >= 11 is 0. The smallest absolute Gasteiger partial charge is 0.241 e. The van der Waals surface area contributed by atoms with Crippen LogP contribution < -0.4 is 5.32 Å². The maximum Gasteiger partial charge on any atom is 0.241 e. The lowest BCUT2D eigenvalue weighted by atomic mass is 9.90. The molecule has 7 heteroatoms. The normalized spacial score (nSPS) is 15.3. The minimum atomic E-state index is 0.141. The van der Waals surface area contributed by atoms with Gasteiger partial charge in [-0.05, 0) is 36.7 Å². The number of aromatic nitrogens is 2. The topological polar surface area (TPSA) is 65.8 Å². The Morgan fingerprint density at radius 3 is 2.56 bits per heavy atom. The van der Waals surface area contributed by atoms with Gasteiger partial charge in [-0.25, -0.2) is 0 Å². The number of benzene rings is 1. The molecule has 1 amide bonds. The third kappa shape index (κ3) is 6.34. The highest BCUT2D eigenvalue weighted by atomic mass is 16.2. The maximum absolute atomic E-state index is 12.8. The predicted molar refractivity (Wildman–Crippen MR) is 130 cm³/mol. The summed E-state index contributed by atoms with van der Waals surface area (Å²) in [6.45, 7) is 6.94. The number of aliphatic imine (C=N–C) groups is 1. The molecule has 0 spiro atoms. The molecule has 2 aromatic rings. The van der Waals surface area contributed by atoms with Gasteiger partial charge in [-0.3, -0.25) is 14.5 Å². The van der Waals surface area contributed by atoms with Crippen LogP contribution in [0.1, 0.15) is 49.4 Å². The molecule has 0 unspecified atom stereocenters. The van der Waals surface area contributed by atoms with Crippen LogP contribution in [0.5, 0.6) is 0 Å². The zero-order chi connectivity index (χ0) is 23.1. The van der Waals surface area contributed by atoms with Gasteiger partial charge in [0.15, 0.2) is 5.96 Å². The number of guanidine groups is 1. The van der Waals surface area contributed by atoms with E-state index < -0.39 is 0 Å². The molecule has 1 aromatic heterocycles. The van der Waals surface area contributed by atoms with E-state index in [1.807, 2.05) is 28.6 Å². The molecule has 7 nitrogen and oxygen atoms in total. The molecule has 1 saturated heterocycles. The average Bonchev–Trinajstić information content (AvgIpc) is 3.15. The van der Waals surface area contributed by atoms with E-state index in [0.717, 1.165) is 44.0 Å². The molecule has 0 bridgehead atoms. The third-order valence-corrected chi connectivity index (χ3v) is 6.20. The van der Waals surface area contributed by atoms with Crippen LogP contribution >= 0.6 is 0 Å². The maximum atomic E-state index is 12.8. The van der Waals surface area contributed by atoms with Crippen LogP contribution in [-0.2, 0) is 24.8 Å². The molecule has 1 aliphatic heterocycles. The first-order valence-electron chi connectivity index (χ1n) is 11.6. The first-order chi connectivity index (χ1) is 15.4. The lowest BCUT2D eigenvalue weighted by molar-refractivity contribution is -0.131. The van der Waals surface area contributed by atoms with E-state index in [0.29, 0.717) is 18.4 Å². The van der Waals surface area contributed by atoms with Crippen LogP contribution in [0.25, 0.3) is 0 Å². The second-order valence-electron chi connectivity index (χ2n) is 9.14. The molecule has 1 N–H and O–H groups in total. The Morgan fingerprint density at radius 2 is 1.94 bits per heavy atom. The molecular formula is C25H38N6O. The lowest BCUT2D eigenvalue weighted by Gasteiger charge is -2.32. The second-order valence-corrected chi connectivity index (χ2v) is 9.14. The van der Waals surface area contributed by atoms with Crippen molar-refractivity contribution in [1.82, 2.24) is 24.9 Å². The zero-order valence-electron chi connectivity index (χ0n) is 20.2. The molecule has 1 fully saturated rings. The number of hydrogen-bond donors (Lipinski definition) is 1. The molecular weight excluding hydrogens is 400 g/mol. The minimum absolute atomic E-state index is 0.141. The van der Waals surface area contributed by atoms with E-state index in [2.05, 4.69) is 65.8 Å². The standard InChI is InChI=1S/C25H38N6O/c1-19(2)24-22(18-30(5)28-24)17-29(4)25(26-3)27-16-23(32)31-13-11-21(12-14-31)15-20-9-7-6-8-10-20/h6-10,18-19,21H,11-17H2,1-5H3,(H,26,27). The van der Waals surface area contributed by atoms with Crippen molar-refractivity contribution in [3.63, 3.8) is 0 Å². The number of nitrogens with zero attached hydrogens (tertiary/aromatic N) is 5. The quantitative estimate of drug-likeness (QED) is 0.533. The van der Waals surface area contributed by atoms with Crippen molar-refractivity contribution in [2.75, 3.05) is 33.7 Å². The summed E-state index contributed by atoms with van der Waals surface area (Å²) in [5, 5.41) is 7.84. The fourth-order valence-electron chi connectivity index (χ4n) is 4.48. The molecule has 0 atom stereocenters. The van der Waals surface area contributed by atoms with Gasteiger partial charge in [-0.2, -0.15) is 5.10 Å². The van der Waals surface area contributed by atoms with Crippen LogP contribution in [0.2, 0.25) is 0 Å². The molecule has 1 aromatic carbocycles. The molecule has 0 aliphatic carbocycles. The van der Waals surface area contributed by atoms with Crippen molar-refractivity contribution in [2.45, 2.75) is 45.6 Å². The van der Waals surface area contributed by atoms with E-state index in [1.165, 1.54) is 11.1 Å². The largest absolute Gasteiger partial charge is 0.347 e. The minimum Gasteiger partial charge on any atom is -0.347 e. The molecule has 1 aliphatic rings. The fourth-order valence-corrected chi connectivity index (χ4v) is 4.48. The Kier molecular flexibility index (Phi) is 8.31. The van der Waals surface area contributed by atoms with E-state index >= 15 is 0 Å². The predicted octanol–water partition coefficient (Wildman–Crippen LogP) is 3.03. The number of aryl methyl sites for hydroxylation is 1. The van der Waals surface area contributed by atoms with Crippen molar-refractivity contribution >= 4 is 11.9 Å². The third-order valence-electron chi connectivity index (χ3n) is 6.20. The van der Waals surface area contributed by atoms with Crippen LogP contribution in [0.3, 0.4) is 0 Å². The van der Waals surface area contributed by atoms with Crippen molar-refractivity contribution in [2.24, 2.45) is 18.0 Å². The highest BCUT2D eigenvalue weighted by molar-refractivity contribution is 5.86. The number of carbonyl (C=O) groups is 1. The molecule has 0 saturated carbocycles. The zero-order valence-corrected chi connectivity index (χ0v) is 20.2. The molecule has 3 rings (SSSR count). The van der Waals surface area contributed by atoms with Gasteiger partial charge in [0, 0.05) is 52.5 Å². The Morgan fingerprint density at radius 1 is 1.25 bits per heavy atom. The van der Waals surface area contributed by atoms with Gasteiger partial charge in [0.2, 0.25) is 5.91 Å². The van der Waals surface area contributed by atoms with E-state index in [1.54, 1.807) is 7.05 Å². The van der Waals surface area contributed by atoms with Gasteiger partial charge in [0.1, 0.15) is 0 Å². The van der Waals surface area contributed by atoms with Crippen LogP contribution in [0, 0.1) is 5.92 Å². The Labute approximate surface area is 192 Å². The van der Waals surface area contributed by atoms with Crippen LogP contribution in [-0.4, -0.2) is 65.2 Å². The fraction of sp³-hybridized carbons (Fsp3) is 0.560. The van der Waals surface area contributed by atoms with E-state index in [-0.39, 0.29) is 12.5 Å². The highest BCUT2D eigenvalue weighted by Crippen LogP contribution is 2.22. The number of piperidine rings is 1. The number of hydrogen-bond acceptors (Lipinski definition) is 3. The second kappa shape index (κ2) is 11.2. The van der Waals surface area contributed by atoms with Gasteiger partial charge in [0.05, 0.1) is 12.2 Å². The van der Waals surface area contributed by atoms with Gasteiger partial charge in [0.25, 0.3) is 0 Å². The Bertz CT molecular complexity index is 896. The van der Waals surface area contributed by atoms with Gasteiger partial charge < -0.3 is 15.1 Å². The van der Waals surface area contributed by atoms with Crippen LogP contribution in [0.4, 0.5) is 0 Å². The summed E-state index contributed by atoms with van der Waals surface area (Å²) in [6, 6.07) is 10.6. The first kappa shape index (κ1) is 23.8. The number of amides is 1. The number of rotatable bonds is 7. The summed E-state index contributed by atoms with van der Waals surface area (Å²) < 4.78 is 1.86. The Hall–Kier alpha value is -2.83. The van der Waals surface area contributed by atoms with Crippen molar-refractivity contribution < 1.29 is 4.79 Å². The average molecular weight is 439 g/mol. The highest BCUT2D eigenvalue weighted by Gasteiger charge is 2.23. The number of likely N-dealkylation sites (tertiary alicyclic amines) is 1. The van der Waals surface area contributed by atoms with E-state index in [4.69, 9.17) is 0 Å². The van der Waals surface area contributed by atoms with Gasteiger partial charge in [-0.15, -0.1) is 0 Å². The van der Waals surface area contributed by atoms with Crippen molar-refractivity contribution in [3.8, 4) is 0 Å². The summed E-state index contributed by atoms with van der Waals surface area (Å²) in [5.41, 5.74) is 3.67. The molecule has 32 heavy (non-hydrogen) atoms. The molecule has 0 radical (unpaired) electrons. The lowest BCUT2D eigenvalue weighted by Crippen LogP contribution is -2.47. The number of nitrogens with one attached hydrogen (secondary N) is 1. The summed E-state index contributed by atoms with van der Waals surface area (Å²) in [7, 11) is 5.70. The van der Waals surface area contributed by atoms with E-state index in [9.17, 15) is 4.79 Å². The SMILES string of the molecule is CN=C(NCC(=O)N1CCC(Cc2ccccc2)CC1)N(C)Cc1cn(C)nc1C(C)C. The monoisotopic (exact) mass is 438 g/mol. The summed E-state index contributed by atoms with van der Waals surface area (Å²) in [4.78, 5) is 21.2. The van der Waals surface area contributed by atoms with Crippen LogP contribution in [0.15, 0.2) is 41.5 Å². The van der Waals surface area contributed by atoms with Crippen molar-refractivity contribution in [1.29, 1.82) is 0 Å². The summed E-state index contributed by atoms with van der Waals surface area (Å²) in [5.74, 6) is 1.88. The summed E-state index contributed by atoms with van der Waals surface area (Å²) in [6.07, 6.45) is 5.29.